The van der Waals surface area contributed by atoms with Gasteiger partial charge in [0.2, 0.25) is 11.9 Å². The Balaban J connectivity index is 1.31. The molecular weight excluding hydrogens is 354 g/mol. The number of urea groups is 1. The topological polar surface area (TPSA) is 79.3 Å². The Morgan fingerprint density at radius 2 is 2.07 bits per heavy atom. The van der Waals surface area contributed by atoms with E-state index in [1.807, 2.05) is 28.8 Å². The van der Waals surface area contributed by atoms with Crippen molar-refractivity contribution in [2.45, 2.75) is 51.6 Å². The molecule has 1 aromatic carbocycles. The summed E-state index contributed by atoms with van der Waals surface area (Å²) in [4.78, 5) is 31.2. The van der Waals surface area contributed by atoms with E-state index >= 15 is 0 Å². The summed E-state index contributed by atoms with van der Waals surface area (Å²) >= 11 is 0. The van der Waals surface area contributed by atoms with Gasteiger partial charge >= 0.3 is 6.03 Å². The van der Waals surface area contributed by atoms with Gasteiger partial charge in [0.1, 0.15) is 6.04 Å². The van der Waals surface area contributed by atoms with E-state index in [9.17, 15) is 9.59 Å². The van der Waals surface area contributed by atoms with E-state index in [1.54, 1.807) is 11.8 Å². The highest BCUT2D eigenvalue weighted by Crippen LogP contribution is 2.27. The minimum atomic E-state index is -0.591. The summed E-state index contributed by atoms with van der Waals surface area (Å²) in [7, 11) is 0. The van der Waals surface area contributed by atoms with Gasteiger partial charge in [-0.05, 0) is 51.2 Å². The van der Waals surface area contributed by atoms with Gasteiger partial charge < -0.3 is 15.2 Å². The number of nitrogens with zero attached hydrogens (tertiary/aromatic N) is 3. The van der Waals surface area contributed by atoms with Crippen LogP contribution in [0.3, 0.4) is 0 Å². The monoisotopic (exact) mass is 381 g/mol. The molecule has 0 fully saturated rings. The number of allylic oxidation sites excluding steroid dienone is 1. The summed E-state index contributed by atoms with van der Waals surface area (Å²) < 4.78 is 2.04. The summed E-state index contributed by atoms with van der Waals surface area (Å²) in [5.41, 5.74) is 3.33. The van der Waals surface area contributed by atoms with E-state index in [1.165, 1.54) is 18.4 Å². The number of carbonyl (C=O) groups excluding carboxylic acids is 2. The van der Waals surface area contributed by atoms with Crippen LogP contribution in [0.1, 0.15) is 39.0 Å². The summed E-state index contributed by atoms with van der Waals surface area (Å²) in [6.07, 6.45) is 7.98. The number of fused-ring (bicyclic) bond motifs is 3. The van der Waals surface area contributed by atoms with Gasteiger partial charge in [-0.3, -0.25) is 9.69 Å². The third kappa shape index (κ3) is 3.74. The van der Waals surface area contributed by atoms with Gasteiger partial charge in [-0.15, -0.1) is 0 Å². The fourth-order valence-corrected chi connectivity index (χ4v) is 3.94. The smallest absolute Gasteiger partial charge is 0.324 e. The Hall–Kier alpha value is -2.83. The second kappa shape index (κ2) is 8.04. The van der Waals surface area contributed by atoms with Crippen LogP contribution in [0.15, 0.2) is 35.9 Å². The average molecular weight is 381 g/mol. The van der Waals surface area contributed by atoms with Crippen molar-refractivity contribution in [3.63, 3.8) is 0 Å². The molecule has 2 heterocycles. The Labute approximate surface area is 164 Å². The molecule has 7 heteroatoms. The van der Waals surface area contributed by atoms with Gasteiger partial charge in [-0.1, -0.05) is 23.8 Å². The van der Waals surface area contributed by atoms with Crippen LogP contribution in [0.25, 0.3) is 11.0 Å². The lowest BCUT2D eigenvalue weighted by molar-refractivity contribution is -0.122. The van der Waals surface area contributed by atoms with Crippen molar-refractivity contribution in [1.29, 1.82) is 0 Å². The molecule has 2 N–H and O–H groups in total. The lowest BCUT2D eigenvalue weighted by Gasteiger charge is -2.19. The highest BCUT2D eigenvalue weighted by molar-refractivity contribution is 5.96. The normalized spacial score (nSPS) is 17.2. The zero-order valence-electron chi connectivity index (χ0n) is 16.3. The van der Waals surface area contributed by atoms with E-state index in [2.05, 4.69) is 21.7 Å². The van der Waals surface area contributed by atoms with Crippen LogP contribution in [0.2, 0.25) is 0 Å². The van der Waals surface area contributed by atoms with E-state index in [0.717, 1.165) is 30.3 Å². The van der Waals surface area contributed by atoms with Crippen molar-refractivity contribution < 1.29 is 9.59 Å². The Bertz CT molecular complexity index is 917. The van der Waals surface area contributed by atoms with Crippen molar-refractivity contribution in [2.75, 3.05) is 18.0 Å². The van der Waals surface area contributed by atoms with Gasteiger partial charge in [-0.2, -0.15) is 0 Å². The summed E-state index contributed by atoms with van der Waals surface area (Å²) in [5, 5.41) is 5.73. The van der Waals surface area contributed by atoms with E-state index in [-0.39, 0.29) is 11.9 Å². The number of rotatable bonds is 5. The van der Waals surface area contributed by atoms with E-state index in [4.69, 9.17) is 0 Å². The fraction of sp³-hybridized carbons (Fsp3) is 0.476. The van der Waals surface area contributed by atoms with E-state index in [0.29, 0.717) is 25.6 Å². The quantitative estimate of drug-likeness (QED) is 0.782. The van der Waals surface area contributed by atoms with Crippen molar-refractivity contribution in [3.05, 3.63) is 35.9 Å². The summed E-state index contributed by atoms with van der Waals surface area (Å²) in [5.74, 6) is 0.480. The predicted molar refractivity (Wildman–Crippen MR) is 109 cm³/mol. The maximum absolute atomic E-state index is 12.7. The molecule has 0 saturated carbocycles. The number of hydrogen-bond acceptors (Lipinski definition) is 3. The Morgan fingerprint density at radius 1 is 1.21 bits per heavy atom. The van der Waals surface area contributed by atoms with Crippen molar-refractivity contribution in [3.8, 4) is 0 Å². The van der Waals surface area contributed by atoms with Crippen LogP contribution < -0.4 is 15.5 Å². The average Bonchev–Trinajstić information content (AvgIpc) is 3.28. The molecule has 148 valence electrons. The number of nitrogens with one attached hydrogen (secondary N) is 2. The van der Waals surface area contributed by atoms with Crippen LogP contribution in [0.5, 0.6) is 0 Å². The first kappa shape index (κ1) is 18.5. The van der Waals surface area contributed by atoms with Crippen LogP contribution >= 0.6 is 0 Å². The second-order valence-corrected chi connectivity index (χ2v) is 7.52. The van der Waals surface area contributed by atoms with Crippen LogP contribution in [-0.4, -0.2) is 40.6 Å². The van der Waals surface area contributed by atoms with Crippen molar-refractivity contribution in [1.82, 2.24) is 20.2 Å². The highest BCUT2D eigenvalue weighted by Gasteiger charge is 2.29. The number of carbonyl (C=O) groups is 2. The number of hydrogen-bond donors (Lipinski definition) is 2. The van der Waals surface area contributed by atoms with Gasteiger partial charge in [0.05, 0.1) is 11.0 Å². The maximum Gasteiger partial charge on any atom is 0.324 e. The molecule has 1 atom stereocenters. The fourth-order valence-electron chi connectivity index (χ4n) is 3.94. The minimum Gasteiger partial charge on any atom is -0.354 e. The van der Waals surface area contributed by atoms with Gasteiger partial charge in [0, 0.05) is 19.6 Å². The summed E-state index contributed by atoms with van der Waals surface area (Å²) in [6.45, 7) is 3.59. The molecule has 0 unspecified atom stereocenters. The van der Waals surface area contributed by atoms with Crippen LogP contribution in [0.4, 0.5) is 10.7 Å². The zero-order valence-corrected chi connectivity index (χ0v) is 16.3. The lowest BCUT2D eigenvalue weighted by Crippen LogP contribution is -2.50. The molecule has 1 aliphatic heterocycles. The number of anilines is 1. The van der Waals surface area contributed by atoms with E-state index < -0.39 is 6.04 Å². The molecule has 1 aromatic heterocycles. The number of amides is 3. The Kier molecular flexibility index (Phi) is 5.32. The first-order valence-electron chi connectivity index (χ1n) is 10.1. The van der Waals surface area contributed by atoms with Crippen molar-refractivity contribution in [2.24, 2.45) is 0 Å². The molecular formula is C21H27N5O2. The molecule has 4 rings (SSSR count). The number of imidazole rings is 1. The maximum atomic E-state index is 12.7. The predicted octanol–water partition coefficient (Wildman–Crippen LogP) is 2.96. The van der Waals surface area contributed by atoms with Crippen LogP contribution in [-0.2, 0) is 11.3 Å². The molecule has 0 radical (unpaired) electrons. The molecule has 0 spiro atoms. The number of aromatic nitrogens is 2. The molecule has 28 heavy (non-hydrogen) atoms. The lowest BCUT2D eigenvalue weighted by atomic mass is 9.97. The number of benzene rings is 1. The SMILES string of the molecule is C[C@H](NC(=O)N1CCn2c1nc1ccccc12)C(=O)NCCC1=CCCCC1. The standard InChI is InChI=1S/C21H27N5O2/c1-15(19(27)22-12-11-16-7-3-2-4-8-16)23-21(28)26-14-13-25-18-10-6-5-9-17(18)24-20(25)26/h5-7,9-10,15H,2-4,8,11-14H2,1H3,(H,22,27)(H,23,28)/t15-/m0/s1. The molecule has 2 aliphatic rings. The molecule has 0 bridgehead atoms. The molecule has 0 saturated heterocycles. The van der Waals surface area contributed by atoms with Crippen molar-refractivity contribution >= 4 is 28.9 Å². The Morgan fingerprint density at radius 3 is 2.89 bits per heavy atom. The van der Waals surface area contributed by atoms with Gasteiger partial charge in [0.15, 0.2) is 0 Å². The zero-order chi connectivity index (χ0) is 19.5. The van der Waals surface area contributed by atoms with Gasteiger partial charge in [-0.25, -0.2) is 9.78 Å². The third-order valence-corrected chi connectivity index (χ3v) is 5.53. The highest BCUT2D eigenvalue weighted by atomic mass is 16.2. The largest absolute Gasteiger partial charge is 0.354 e. The summed E-state index contributed by atoms with van der Waals surface area (Å²) in [6, 6.07) is 6.97. The van der Waals surface area contributed by atoms with Gasteiger partial charge in [0.25, 0.3) is 0 Å². The first-order chi connectivity index (χ1) is 13.6. The third-order valence-electron chi connectivity index (χ3n) is 5.53. The number of para-hydroxylation sites is 2. The molecule has 2 aromatic rings. The molecule has 7 nitrogen and oxygen atoms in total. The molecule has 1 aliphatic carbocycles. The molecule has 3 amide bonds. The first-order valence-corrected chi connectivity index (χ1v) is 10.1. The minimum absolute atomic E-state index is 0.155. The van der Waals surface area contributed by atoms with Crippen LogP contribution in [0, 0.1) is 0 Å². The second-order valence-electron chi connectivity index (χ2n) is 7.52.